The molecule has 0 saturated carbocycles. The first-order valence-corrected chi connectivity index (χ1v) is 7.60. The molecule has 0 aliphatic carbocycles. The monoisotopic (exact) mass is 300 g/mol. The number of hydrogen-bond donors (Lipinski definition) is 1. The maximum atomic E-state index is 12.1. The molecule has 122 valence electrons. The van der Waals surface area contributed by atoms with Crippen LogP contribution >= 0.6 is 0 Å². The average molecular weight is 300 g/mol. The third-order valence-electron chi connectivity index (χ3n) is 3.35. The van der Waals surface area contributed by atoms with Gasteiger partial charge >= 0.3 is 12.1 Å². The van der Waals surface area contributed by atoms with E-state index in [2.05, 4.69) is 10.1 Å². The van der Waals surface area contributed by atoms with Crippen LogP contribution in [0.2, 0.25) is 0 Å². The fourth-order valence-corrected chi connectivity index (χ4v) is 2.34. The number of carbonyl (C=O) groups excluding carboxylic acids is 2. The number of esters is 1. The van der Waals surface area contributed by atoms with Gasteiger partial charge < -0.3 is 19.7 Å². The first-order chi connectivity index (χ1) is 9.83. The van der Waals surface area contributed by atoms with E-state index >= 15 is 0 Å². The number of amides is 1. The minimum atomic E-state index is -0.460. The lowest BCUT2D eigenvalue weighted by Crippen LogP contribution is -2.44. The number of rotatable bonds is 6. The maximum absolute atomic E-state index is 12.1. The smallest absolute Gasteiger partial charge is 0.410 e. The van der Waals surface area contributed by atoms with E-state index < -0.39 is 5.60 Å². The summed E-state index contributed by atoms with van der Waals surface area (Å²) in [5.41, 5.74) is -0.460. The molecular weight excluding hydrogens is 272 g/mol. The summed E-state index contributed by atoms with van der Waals surface area (Å²) >= 11 is 0. The van der Waals surface area contributed by atoms with Gasteiger partial charge in [0.25, 0.3) is 0 Å². The van der Waals surface area contributed by atoms with Gasteiger partial charge in [0.15, 0.2) is 0 Å². The van der Waals surface area contributed by atoms with Crippen LogP contribution in [0.3, 0.4) is 0 Å². The lowest BCUT2D eigenvalue weighted by molar-refractivity contribution is -0.140. The van der Waals surface area contributed by atoms with Crippen LogP contribution < -0.4 is 5.32 Å². The Labute approximate surface area is 127 Å². The number of nitrogens with one attached hydrogen (secondary N) is 1. The molecule has 0 aromatic rings. The summed E-state index contributed by atoms with van der Waals surface area (Å²) < 4.78 is 10.0. The number of hydrogen-bond acceptors (Lipinski definition) is 5. The molecule has 0 spiro atoms. The molecule has 0 aromatic heterocycles. The van der Waals surface area contributed by atoms with Gasteiger partial charge in [-0.2, -0.15) is 0 Å². The predicted octanol–water partition coefficient (Wildman–Crippen LogP) is 1.93. The van der Waals surface area contributed by atoms with E-state index in [9.17, 15) is 9.59 Å². The molecule has 1 aliphatic heterocycles. The summed E-state index contributed by atoms with van der Waals surface area (Å²) in [7, 11) is 1.40. The molecule has 21 heavy (non-hydrogen) atoms. The molecule has 1 atom stereocenters. The second kappa shape index (κ2) is 8.22. The zero-order valence-electron chi connectivity index (χ0n) is 13.6. The molecule has 0 radical (unpaired) electrons. The van der Waals surface area contributed by atoms with E-state index in [-0.39, 0.29) is 18.1 Å². The largest absolute Gasteiger partial charge is 0.469 e. The highest BCUT2D eigenvalue weighted by molar-refractivity contribution is 5.69. The van der Waals surface area contributed by atoms with E-state index in [1.54, 1.807) is 4.90 Å². The molecule has 1 heterocycles. The van der Waals surface area contributed by atoms with Gasteiger partial charge in [-0.3, -0.25) is 4.79 Å². The fraction of sp³-hybridized carbons (Fsp3) is 0.867. The summed E-state index contributed by atoms with van der Waals surface area (Å²) in [5.74, 6) is -0.187. The van der Waals surface area contributed by atoms with Gasteiger partial charge in [-0.05, 0) is 46.6 Å². The Morgan fingerprint density at radius 3 is 2.67 bits per heavy atom. The first kappa shape index (κ1) is 17.8. The molecule has 1 rings (SSSR count). The highest BCUT2D eigenvalue weighted by atomic mass is 16.6. The normalized spacial score (nSPS) is 18.7. The van der Waals surface area contributed by atoms with Crippen LogP contribution in [-0.4, -0.2) is 55.3 Å². The quantitative estimate of drug-likeness (QED) is 0.599. The van der Waals surface area contributed by atoms with Crippen molar-refractivity contribution in [2.75, 3.05) is 26.7 Å². The van der Waals surface area contributed by atoms with Crippen molar-refractivity contribution in [3.8, 4) is 0 Å². The van der Waals surface area contributed by atoms with Crippen molar-refractivity contribution >= 4 is 12.1 Å². The second-order valence-electron chi connectivity index (χ2n) is 6.35. The third kappa shape index (κ3) is 6.80. The zero-order chi connectivity index (χ0) is 15.9. The molecule has 1 fully saturated rings. The SMILES string of the molecule is COC(=O)CCCNCC1CCCN1C(=O)OC(C)(C)C. The summed E-state index contributed by atoms with van der Waals surface area (Å²) in [5, 5.41) is 3.30. The Morgan fingerprint density at radius 1 is 1.33 bits per heavy atom. The minimum absolute atomic E-state index is 0.179. The zero-order valence-corrected chi connectivity index (χ0v) is 13.6. The number of methoxy groups -OCH3 is 1. The van der Waals surface area contributed by atoms with Crippen molar-refractivity contribution in [3.05, 3.63) is 0 Å². The van der Waals surface area contributed by atoms with Gasteiger partial charge in [-0.1, -0.05) is 0 Å². The number of carbonyl (C=O) groups is 2. The highest BCUT2D eigenvalue weighted by Gasteiger charge is 2.31. The first-order valence-electron chi connectivity index (χ1n) is 7.60. The van der Waals surface area contributed by atoms with E-state index in [0.717, 1.165) is 38.9 Å². The van der Waals surface area contributed by atoms with Gasteiger partial charge in [-0.25, -0.2) is 4.79 Å². The van der Waals surface area contributed by atoms with Crippen LogP contribution in [0, 0.1) is 0 Å². The lowest BCUT2D eigenvalue weighted by atomic mass is 10.2. The summed E-state index contributed by atoms with van der Waals surface area (Å²) in [6.45, 7) is 7.86. The van der Waals surface area contributed by atoms with Crippen LogP contribution in [0.15, 0.2) is 0 Å². The Balaban J connectivity index is 2.27. The molecule has 6 heteroatoms. The van der Waals surface area contributed by atoms with Gasteiger partial charge in [0.1, 0.15) is 5.60 Å². The van der Waals surface area contributed by atoms with Crippen LogP contribution in [0.4, 0.5) is 4.79 Å². The van der Waals surface area contributed by atoms with Gasteiger partial charge in [0.05, 0.1) is 7.11 Å². The number of nitrogens with zero attached hydrogens (tertiary/aromatic N) is 1. The van der Waals surface area contributed by atoms with Gasteiger partial charge in [0.2, 0.25) is 0 Å². The van der Waals surface area contributed by atoms with E-state index in [4.69, 9.17) is 4.74 Å². The topological polar surface area (TPSA) is 67.9 Å². The Kier molecular flexibility index (Phi) is 6.95. The Bertz CT molecular complexity index is 352. The van der Waals surface area contributed by atoms with Crippen LogP contribution in [-0.2, 0) is 14.3 Å². The fourth-order valence-electron chi connectivity index (χ4n) is 2.34. The third-order valence-corrected chi connectivity index (χ3v) is 3.35. The summed E-state index contributed by atoms with van der Waals surface area (Å²) in [6, 6.07) is 0.179. The van der Waals surface area contributed by atoms with Gasteiger partial charge in [0, 0.05) is 25.6 Å². The van der Waals surface area contributed by atoms with Crippen molar-refractivity contribution in [2.24, 2.45) is 0 Å². The summed E-state index contributed by atoms with van der Waals surface area (Å²) in [6.07, 6.45) is 2.92. The summed E-state index contributed by atoms with van der Waals surface area (Å²) in [4.78, 5) is 24.9. The predicted molar refractivity (Wildman–Crippen MR) is 80.1 cm³/mol. The molecule has 1 unspecified atom stereocenters. The van der Waals surface area contributed by atoms with Crippen LogP contribution in [0.1, 0.15) is 46.5 Å². The Morgan fingerprint density at radius 2 is 2.05 bits per heavy atom. The van der Waals surface area contributed by atoms with Gasteiger partial charge in [-0.15, -0.1) is 0 Å². The van der Waals surface area contributed by atoms with E-state index in [1.165, 1.54) is 7.11 Å². The minimum Gasteiger partial charge on any atom is -0.469 e. The second-order valence-corrected chi connectivity index (χ2v) is 6.35. The van der Waals surface area contributed by atoms with E-state index in [0.29, 0.717) is 6.42 Å². The average Bonchev–Trinajstić information content (AvgIpc) is 2.84. The van der Waals surface area contributed by atoms with Crippen molar-refractivity contribution in [1.82, 2.24) is 10.2 Å². The van der Waals surface area contributed by atoms with Crippen molar-refractivity contribution in [1.29, 1.82) is 0 Å². The van der Waals surface area contributed by atoms with Crippen LogP contribution in [0.25, 0.3) is 0 Å². The van der Waals surface area contributed by atoms with Crippen LogP contribution in [0.5, 0.6) is 0 Å². The standard InChI is InChI=1S/C15H28N2O4/c1-15(2,3)21-14(19)17-10-6-7-12(17)11-16-9-5-8-13(18)20-4/h12,16H,5-11H2,1-4H3. The molecule has 1 N–H and O–H groups in total. The molecule has 0 bridgehead atoms. The molecule has 6 nitrogen and oxygen atoms in total. The van der Waals surface area contributed by atoms with Crippen molar-refractivity contribution in [3.63, 3.8) is 0 Å². The van der Waals surface area contributed by atoms with Crippen molar-refractivity contribution < 1.29 is 19.1 Å². The lowest BCUT2D eigenvalue weighted by Gasteiger charge is -2.28. The number of ether oxygens (including phenoxy) is 2. The highest BCUT2D eigenvalue weighted by Crippen LogP contribution is 2.20. The molecule has 1 saturated heterocycles. The van der Waals surface area contributed by atoms with Crippen molar-refractivity contribution in [2.45, 2.75) is 58.1 Å². The molecule has 1 aliphatic rings. The molecule has 1 amide bonds. The molecule has 0 aromatic carbocycles. The van der Waals surface area contributed by atoms with E-state index in [1.807, 2.05) is 20.8 Å². The molecular formula is C15H28N2O4. The maximum Gasteiger partial charge on any atom is 0.410 e. The Hall–Kier alpha value is -1.30. The number of likely N-dealkylation sites (tertiary alicyclic amines) is 1.